The number of rotatable bonds is 6. The predicted octanol–water partition coefficient (Wildman–Crippen LogP) is 3.57. The number of aliphatic carboxylic acids is 1. The van der Waals surface area contributed by atoms with E-state index in [-0.39, 0.29) is 12.0 Å². The fourth-order valence-electron chi connectivity index (χ4n) is 2.08. The standard InChI is InChI=1S/C16H25NO2/c1-10(2)13-6-8-14(9-7-13)12(5)17-15(11(3)4)16(18)19/h6-12,15,17H,1-5H3,(H,18,19). The highest BCUT2D eigenvalue weighted by Crippen LogP contribution is 2.19. The highest BCUT2D eigenvalue weighted by atomic mass is 16.4. The maximum Gasteiger partial charge on any atom is 0.320 e. The lowest BCUT2D eigenvalue weighted by atomic mass is 9.98. The van der Waals surface area contributed by atoms with Gasteiger partial charge < -0.3 is 5.11 Å². The summed E-state index contributed by atoms with van der Waals surface area (Å²) >= 11 is 0. The normalized spacial score (nSPS) is 14.7. The molecule has 1 aromatic carbocycles. The topological polar surface area (TPSA) is 49.3 Å². The third kappa shape index (κ3) is 4.35. The van der Waals surface area contributed by atoms with Crippen molar-refractivity contribution < 1.29 is 9.90 Å². The largest absolute Gasteiger partial charge is 0.480 e. The first kappa shape index (κ1) is 15.7. The van der Waals surface area contributed by atoms with E-state index in [4.69, 9.17) is 0 Å². The van der Waals surface area contributed by atoms with Crippen molar-refractivity contribution in [3.05, 3.63) is 35.4 Å². The van der Waals surface area contributed by atoms with Gasteiger partial charge in [0.25, 0.3) is 0 Å². The minimum Gasteiger partial charge on any atom is -0.480 e. The van der Waals surface area contributed by atoms with Gasteiger partial charge in [-0.2, -0.15) is 0 Å². The van der Waals surface area contributed by atoms with Crippen molar-refractivity contribution in [2.75, 3.05) is 0 Å². The molecule has 3 heteroatoms. The number of carboxylic acids is 1. The van der Waals surface area contributed by atoms with Crippen LogP contribution in [0.4, 0.5) is 0 Å². The summed E-state index contributed by atoms with van der Waals surface area (Å²) in [6.07, 6.45) is 0. The van der Waals surface area contributed by atoms with Crippen LogP contribution in [-0.2, 0) is 4.79 Å². The van der Waals surface area contributed by atoms with Crippen LogP contribution in [-0.4, -0.2) is 17.1 Å². The predicted molar refractivity (Wildman–Crippen MR) is 78.3 cm³/mol. The third-order valence-electron chi connectivity index (χ3n) is 3.47. The molecule has 19 heavy (non-hydrogen) atoms. The first-order chi connectivity index (χ1) is 8.82. The summed E-state index contributed by atoms with van der Waals surface area (Å²) in [5.74, 6) is -0.213. The fourth-order valence-corrected chi connectivity index (χ4v) is 2.08. The summed E-state index contributed by atoms with van der Waals surface area (Å²) in [7, 11) is 0. The number of hydrogen-bond donors (Lipinski definition) is 2. The molecule has 2 N–H and O–H groups in total. The molecule has 2 atom stereocenters. The van der Waals surface area contributed by atoms with E-state index in [1.54, 1.807) is 0 Å². The molecule has 1 rings (SSSR count). The quantitative estimate of drug-likeness (QED) is 0.825. The Morgan fingerprint density at radius 1 is 1.00 bits per heavy atom. The van der Waals surface area contributed by atoms with Crippen molar-refractivity contribution in [3.63, 3.8) is 0 Å². The van der Waals surface area contributed by atoms with Crippen molar-refractivity contribution >= 4 is 5.97 Å². The Kier molecular flexibility index (Phi) is 5.55. The molecule has 0 heterocycles. The summed E-state index contributed by atoms with van der Waals surface area (Å²) in [6, 6.07) is 7.90. The average molecular weight is 263 g/mol. The Labute approximate surface area is 116 Å². The van der Waals surface area contributed by atoms with Crippen molar-refractivity contribution in [3.8, 4) is 0 Å². The van der Waals surface area contributed by atoms with E-state index in [1.807, 2.05) is 20.8 Å². The SMILES string of the molecule is CC(C)c1ccc(C(C)NC(C(=O)O)C(C)C)cc1. The van der Waals surface area contributed by atoms with E-state index >= 15 is 0 Å². The van der Waals surface area contributed by atoms with Crippen LogP contribution in [0.15, 0.2) is 24.3 Å². The second-order valence-electron chi connectivity index (χ2n) is 5.77. The summed E-state index contributed by atoms with van der Waals surface area (Å²) in [4.78, 5) is 11.2. The molecule has 1 aromatic rings. The highest BCUT2D eigenvalue weighted by Gasteiger charge is 2.23. The zero-order valence-corrected chi connectivity index (χ0v) is 12.5. The van der Waals surface area contributed by atoms with Gasteiger partial charge in [-0.25, -0.2) is 0 Å². The molecule has 0 amide bonds. The Morgan fingerprint density at radius 3 is 1.84 bits per heavy atom. The summed E-state index contributed by atoms with van der Waals surface area (Å²) in [6.45, 7) is 10.2. The van der Waals surface area contributed by atoms with Gasteiger partial charge in [0.05, 0.1) is 0 Å². The van der Waals surface area contributed by atoms with E-state index in [9.17, 15) is 9.90 Å². The second kappa shape index (κ2) is 6.71. The average Bonchev–Trinajstić information content (AvgIpc) is 2.34. The van der Waals surface area contributed by atoms with E-state index < -0.39 is 12.0 Å². The van der Waals surface area contributed by atoms with Crippen LogP contribution in [0.25, 0.3) is 0 Å². The van der Waals surface area contributed by atoms with E-state index in [0.717, 1.165) is 5.56 Å². The lowest BCUT2D eigenvalue weighted by Gasteiger charge is -2.23. The van der Waals surface area contributed by atoms with Gasteiger partial charge in [0.2, 0.25) is 0 Å². The molecule has 106 valence electrons. The molecular weight excluding hydrogens is 238 g/mol. The van der Waals surface area contributed by atoms with Crippen LogP contribution >= 0.6 is 0 Å². The number of benzene rings is 1. The lowest BCUT2D eigenvalue weighted by Crippen LogP contribution is -2.42. The molecule has 0 saturated heterocycles. The highest BCUT2D eigenvalue weighted by molar-refractivity contribution is 5.73. The van der Waals surface area contributed by atoms with Gasteiger partial charge >= 0.3 is 5.97 Å². The number of carbonyl (C=O) groups is 1. The Hall–Kier alpha value is -1.35. The summed E-state index contributed by atoms with van der Waals surface area (Å²) in [5, 5.41) is 12.4. The first-order valence-electron chi connectivity index (χ1n) is 6.91. The molecule has 2 unspecified atom stereocenters. The summed E-state index contributed by atoms with van der Waals surface area (Å²) in [5.41, 5.74) is 2.42. The molecular formula is C16H25NO2. The zero-order chi connectivity index (χ0) is 14.6. The number of carboxylic acid groups (broad SMARTS) is 1. The molecule has 0 aliphatic rings. The van der Waals surface area contributed by atoms with Crippen LogP contribution in [0.1, 0.15) is 57.7 Å². The molecule has 3 nitrogen and oxygen atoms in total. The lowest BCUT2D eigenvalue weighted by molar-refractivity contribution is -0.140. The monoisotopic (exact) mass is 263 g/mol. The molecule has 0 aliphatic heterocycles. The van der Waals surface area contributed by atoms with Crippen molar-refractivity contribution in [2.24, 2.45) is 5.92 Å². The number of nitrogens with one attached hydrogen (secondary N) is 1. The molecule has 0 aromatic heterocycles. The van der Waals surface area contributed by atoms with Gasteiger partial charge in [0.15, 0.2) is 0 Å². The minimum absolute atomic E-state index is 0.0321. The van der Waals surface area contributed by atoms with Crippen molar-refractivity contribution in [2.45, 2.75) is 52.6 Å². The van der Waals surface area contributed by atoms with E-state index in [1.165, 1.54) is 5.56 Å². The molecule has 0 radical (unpaired) electrons. The maximum atomic E-state index is 11.2. The smallest absolute Gasteiger partial charge is 0.320 e. The van der Waals surface area contributed by atoms with Crippen LogP contribution in [0.3, 0.4) is 0 Å². The molecule has 0 fully saturated rings. The minimum atomic E-state index is -0.791. The van der Waals surface area contributed by atoms with Gasteiger partial charge in [-0.3, -0.25) is 10.1 Å². The number of hydrogen-bond acceptors (Lipinski definition) is 2. The Morgan fingerprint density at radius 2 is 1.47 bits per heavy atom. The zero-order valence-electron chi connectivity index (χ0n) is 12.5. The van der Waals surface area contributed by atoms with Crippen LogP contribution in [0, 0.1) is 5.92 Å². The second-order valence-corrected chi connectivity index (χ2v) is 5.77. The van der Waals surface area contributed by atoms with Gasteiger partial charge in [-0.1, -0.05) is 52.0 Å². The van der Waals surface area contributed by atoms with Crippen LogP contribution < -0.4 is 5.32 Å². The summed E-state index contributed by atoms with van der Waals surface area (Å²) < 4.78 is 0. The van der Waals surface area contributed by atoms with Crippen molar-refractivity contribution in [1.82, 2.24) is 5.32 Å². The molecule has 0 bridgehead atoms. The van der Waals surface area contributed by atoms with Gasteiger partial charge in [-0.05, 0) is 29.9 Å². The Balaban J connectivity index is 2.77. The molecule has 0 saturated carbocycles. The van der Waals surface area contributed by atoms with Gasteiger partial charge in [0.1, 0.15) is 6.04 Å². The molecule has 0 spiro atoms. The maximum absolute atomic E-state index is 11.2. The van der Waals surface area contributed by atoms with E-state index in [0.29, 0.717) is 5.92 Å². The van der Waals surface area contributed by atoms with Gasteiger partial charge in [-0.15, -0.1) is 0 Å². The van der Waals surface area contributed by atoms with Crippen molar-refractivity contribution in [1.29, 1.82) is 0 Å². The van der Waals surface area contributed by atoms with Crippen LogP contribution in [0.5, 0.6) is 0 Å². The van der Waals surface area contributed by atoms with Crippen LogP contribution in [0.2, 0.25) is 0 Å². The van der Waals surface area contributed by atoms with E-state index in [2.05, 4.69) is 43.4 Å². The molecule has 0 aliphatic carbocycles. The fraction of sp³-hybridized carbons (Fsp3) is 0.562. The third-order valence-corrected chi connectivity index (χ3v) is 3.47. The van der Waals surface area contributed by atoms with Gasteiger partial charge in [0, 0.05) is 6.04 Å². The Bertz CT molecular complexity index is 409. The first-order valence-corrected chi connectivity index (χ1v) is 6.91.